The standard InChI is InChI=1S/C23H24F2N6O4/c1-2-34-21(33)18-4-3-9-31(20(18)32)16-7-8-19(26-11-16)29-14-5-6-15(10-14)30-23-27-12-17(13-28-23)35-22(24)25/h3-4,7-9,11-15,22H,2,5-6,10H2,1H3,(H,26,29)(H,27,28,30)/t14-,15-/m0/s1. The molecule has 1 fully saturated rings. The van der Waals surface area contributed by atoms with Crippen LogP contribution in [0.2, 0.25) is 0 Å². The molecular weight excluding hydrogens is 462 g/mol. The van der Waals surface area contributed by atoms with Gasteiger partial charge in [0.2, 0.25) is 5.95 Å². The lowest BCUT2D eigenvalue weighted by molar-refractivity contribution is -0.0503. The zero-order valence-corrected chi connectivity index (χ0v) is 18.9. The fourth-order valence-electron chi connectivity index (χ4n) is 3.87. The van der Waals surface area contributed by atoms with E-state index in [9.17, 15) is 18.4 Å². The van der Waals surface area contributed by atoms with Crippen molar-refractivity contribution in [2.75, 3.05) is 17.2 Å². The number of nitrogens with zero attached hydrogens (tertiary/aromatic N) is 4. The summed E-state index contributed by atoms with van der Waals surface area (Å²) < 4.78 is 35.0. The van der Waals surface area contributed by atoms with E-state index in [1.54, 1.807) is 37.5 Å². The van der Waals surface area contributed by atoms with Gasteiger partial charge in [-0.15, -0.1) is 0 Å². The predicted molar refractivity (Wildman–Crippen MR) is 123 cm³/mol. The van der Waals surface area contributed by atoms with Crippen LogP contribution in [0.25, 0.3) is 5.69 Å². The van der Waals surface area contributed by atoms with E-state index in [1.807, 2.05) is 0 Å². The summed E-state index contributed by atoms with van der Waals surface area (Å²) >= 11 is 0. The van der Waals surface area contributed by atoms with Gasteiger partial charge < -0.3 is 20.1 Å². The molecule has 0 unspecified atom stereocenters. The van der Waals surface area contributed by atoms with E-state index in [0.717, 1.165) is 19.3 Å². The second-order valence-electron chi connectivity index (χ2n) is 7.84. The Balaban J connectivity index is 1.34. The van der Waals surface area contributed by atoms with Crippen molar-refractivity contribution in [1.29, 1.82) is 0 Å². The van der Waals surface area contributed by atoms with Gasteiger partial charge in [-0.1, -0.05) is 0 Å². The molecule has 1 aliphatic rings. The Labute approximate surface area is 199 Å². The van der Waals surface area contributed by atoms with Crippen molar-refractivity contribution in [3.63, 3.8) is 0 Å². The third kappa shape index (κ3) is 6.08. The van der Waals surface area contributed by atoms with Crippen LogP contribution < -0.4 is 20.9 Å². The van der Waals surface area contributed by atoms with Crippen molar-refractivity contribution in [3.05, 3.63) is 65.0 Å². The zero-order chi connectivity index (χ0) is 24.8. The molecule has 0 saturated heterocycles. The lowest BCUT2D eigenvalue weighted by Crippen LogP contribution is -2.26. The lowest BCUT2D eigenvalue weighted by atomic mass is 10.2. The minimum atomic E-state index is -2.92. The number of carbonyl (C=O) groups is 1. The van der Waals surface area contributed by atoms with Gasteiger partial charge in [0, 0.05) is 18.3 Å². The fourth-order valence-corrected chi connectivity index (χ4v) is 3.87. The van der Waals surface area contributed by atoms with Crippen molar-refractivity contribution < 1.29 is 23.0 Å². The Morgan fingerprint density at radius 3 is 2.51 bits per heavy atom. The SMILES string of the molecule is CCOC(=O)c1cccn(-c2ccc(N[C@H]3CC[C@H](Nc4ncc(OC(F)F)cn4)C3)nc2)c1=O. The maximum Gasteiger partial charge on any atom is 0.387 e. The molecule has 0 aliphatic heterocycles. The molecule has 0 bridgehead atoms. The molecule has 12 heteroatoms. The number of nitrogens with one attached hydrogen (secondary N) is 2. The molecule has 1 saturated carbocycles. The summed E-state index contributed by atoms with van der Waals surface area (Å²) in [5, 5.41) is 6.57. The molecule has 3 heterocycles. The number of halogens is 2. The highest BCUT2D eigenvalue weighted by Gasteiger charge is 2.25. The van der Waals surface area contributed by atoms with Gasteiger partial charge in [-0.3, -0.25) is 9.36 Å². The normalized spacial score (nSPS) is 17.3. The maximum atomic E-state index is 12.7. The molecule has 0 amide bonds. The molecule has 0 radical (unpaired) electrons. The smallest absolute Gasteiger partial charge is 0.387 e. The molecule has 0 aromatic carbocycles. The molecule has 3 aromatic rings. The van der Waals surface area contributed by atoms with Gasteiger partial charge in [0.15, 0.2) is 5.75 Å². The van der Waals surface area contributed by atoms with Gasteiger partial charge in [-0.2, -0.15) is 8.78 Å². The first kappa shape index (κ1) is 24.0. The minimum absolute atomic E-state index is 0.0405. The molecule has 4 rings (SSSR count). The monoisotopic (exact) mass is 486 g/mol. The number of pyridine rings is 2. The number of aromatic nitrogens is 4. The summed E-state index contributed by atoms with van der Waals surface area (Å²) in [6.45, 7) is -1.06. The first-order valence-corrected chi connectivity index (χ1v) is 11.1. The number of alkyl halides is 2. The second kappa shape index (κ2) is 10.9. The Morgan fingerprint density at radius 1 is 1.11 bits per heavy atom. The first-order valence-electron chi connectivity index (χ1n) is 11.1. The van der Waals surface area contributed by atoms with Crippen molar-refractivity contribution in [3.8, 4) is 11.4 Å². The first-order chi connectivity index (χ1) is 16.9. The van der Waals surface area contributed by atoms with E-state index >= 15 is 0 Å². The molecule has 0 spiro atoms. The summed E-state index contributed by atoms with van der Waals surface area (Å²) in [6, 6.07) is 6.81. The van der Waals surface area contributed by atoms with Crippen molar-refractivity contribution >= 4 is 17.7 Å². The molecule has 3 aromatic heterocycles. The third-order valence-electron chi connectivity index (χ3n) is 5.44. The van der Waals surface area contributed by atoms with Crippen molar-refractivity contribution in [2.45, 2.75) is 44.9 Å². The maximum absolute atomic E-state index is 12.7. The Kier molecular flexibility index (Phi) is 7.48. The highest BCUT2D eigenvalue weighted by atomic mass is 19.3. The van der Waals surface area contributed by atoms with Gasteiger partial charge in [-0.25, -0.2) is 19.7 Å². The Bertz CT molecular complexity index is 1200. The average molecular weight is 486 g/mol. The Hall–Kier alpha value is -4.09. The van der Waals surface area contributed by atoms with E-state index in [2.05, 4.69) is 30.3 Å². The average Bonchev–Trinajstić information content (AvgIpc) is 3.27. The lowest BCUT2D eigenvalue weighted by Gasteiger charge is -2.15. The molecule has 2 atom stereocenters. The van der Waals surface area contributed by atoms with Crippen molar-refractivity contribution in [2.24, 2.45) is 0 Å². The third-order valence-corrected chi connectivity index (χ3v) is 5.44. The van der Waals surface area contributed by atoms with E-state index in [4.69, 9.17) is 4.74 Å². The van der Waals surface area contributed by atoms with Crippen LogP contribution >= 0.6 is 0 Å². The van der Waals surface area contributed by atoms with E-state index in [1.165, 1.54) is 23.0 Å². The number of anilines is 2. The predicted octanol–water partition coefficient (Wildman–Crippen LogP) is 3.25. The summed E-state index contributed by atoms with van der Waals surface area (Å²) in [4.78, 5) is 37.1. The van der Waals surface area contributed by atoms with Crippen LogP contribution in [0.15, 0.2) is 53.8 Å². The summed E-state index contributed by atoms with van der Waals surface area (Å²) in [6.07, 6.45) is 8.05. The number of hydrogen-bond donors (Lipinski definition) is 2. The summed E-state index contributed by atoms with van der Waals surface area (Å²) in [5.41, 5.74) is 0.00415. The molecule has 1 aliphatic carbocycles. The topological polar surface area (TPSA) is 120 Å². The number of ether oxygens (including phenoxy) is 2. The van der Waals surface area contributed by atoms with Crippen molar-refractivity contribution in [1.82, 2.24) is 19.5 Å². The van der Waals surface area contributed by atoms with Crippen LogP contribution in [0.4, 0.5) is 20.5 Å². The van der Waals surface area contributed by atoms with Gasteiger partial charge in [0.1, 0.15) is 11.4 Å². The van der Waals surface area contributed by atoms with Gasteiger partial charge in [-0.05, 0) is 50.5 Å². The van der Waals surface area contributed by atoms with Crippen LogP contribution in [-0.4, -0.2) is 50.8 Å². The molecular formula is C23H24F2N6O4. The highest BCUT2D eigenvalue weighted by molar-refractivity contribution is 5.89. The molecule has 184 valence electrons. The van der Waals surface area contributed by atoms with Gasteiger partial charge in [0.25, 0.3) is 5.56 Å². The fraction of sp³-hybridized carbons (Fsp3) is 0.348. The number of rotatable bonds is 9. The molecule has 35 heavy (non-hydrogen) atoms. The largest absolute Gasteiger partial charge is 0.462 e. The highest BCUT2D eigenvalue weighted by Crippen LogP contribution is 2.25. The van der Waals surface area contributed by atoms with Gasteiger partial charge >= 0.3 is 12.6 Å². The van der Waals surface area contributed by atoms with Crippen LogP contribution in [0.1, 0.15) is 36.5 Å². The van der Waals surface area contributed by atoms with Crippen LogP contribution in [0.3, 0.4) is 0 Å². The number of carbonyl (C=O) groups excluding carboxylic acids is 1. The second-order valence-corrected chi connectivity index (χ2v) is 7.84. The number of esters is 1. The van der Waals surface area contributed by atoms with E-state index in [-0.39, 0.29) is 30.0 Å². The van der Waals surface area contributed by atoms with E-state index in [0.29, 0.717) is 17.5 Å². The molecule has 10 nitrogen and oxygen atoms in total. The Morgan fingerprint density at radius 2 is 1.86 bits per heavy atom. The number of hydrogen-bond acceptors (Lipinski definition) is 9. The van der Waals surface area contributed by atoms with E-state index < -0.39 is 18.1 Å². The molecule has 2 N–H and O–H groups in total. The van der Waals surface area contributed by atoms with Crippen LogP contribution in [0.5, 0.6) is 5.75 Å². The minimum Gasteiger partial charge on any atom is -0.462 e. The van der Waals surface area contributed by atoms with Crippen LogP contribution in [0, 0.1) is 0 Å². The van der Waals surface area contributed by atoms with Crippen LogP contribution in [-0.2, 0) is 4.74 Å². The summed E-state index contributed by atoms with van der Waals surface area (Å²) in [5.74, 6) is 0.236. The quantitative estimate of drug-likeness (QED) is 0.439. The van der Waals surface area contributed by atoms with Gasteiger partial charge in [0.05, 0.1) is 30.9 Å². The zero-order valence-electron chi connectivity index (χ0n) is 18.9. The summed E-state index contributed by atoms with van der Waals surface area (Å²) in [7, 11) is 0.